The zero-order valence-electron chi connectivity index (χ0n) is 7.58. The van der Waals surface area contributed by atoms with Crippen LogP contribution in [0.2, 0.25) is 0 Å². The van der Waals surface area contributed by atoms with E-state index in [0.717, 1.165) is 6.20 Å². The molecule has 1 N–H and O–H groups in total. The third-order valence-electron chi connectivity index (χ3n) is 1.58. The molecule has 1 aromatic heterocycles. The number of nitrogens with zero attached hydrogens (tertiary/aromatic N) is 2. The van der Waals surface area contributed by atoms with Crippen molar-refractivity contribution in [2.45, 2.75) is 19.6 Å². The number of ether oxygens (including phenoxy) is 1. The van der Waals surface area contributed by atoms with E-state index in [0.29, 0.717) is 4.68 Å². The van der Waals surface area contributed by atoms with Gasteiger partial charge in [0.1, 0.15) is 6.54 Å². The summed E-state index contributed by atoms with van der Waals surface area (Å²) < 4.78 is 40.8. The Morgan fingerprint density at radius 3 is 2.73 bits per heavy atom. The van der Waals surface area contributed by atoms with E-state index >= 15 is 0 Å². The van der Waals surface area contributed by atoms with Gasteiger partial charge in [0.15, 0.2) is 5.75 Å². The van der Waals surface area contributed by atoms with E-state index in [2.05, 4.69) is 9.84 Å². The Kier molecular flexibility index (Phi) is 2.87. The number of carboxylic acid groups (broad SMARTS) is 1. The van der Waals surface area contributed by atoms with Crippen LogP contribution < -0.4 is 4.74 Å². The summed E-state index contributed by atoms with van der Waals surface area (Å²) >= 11 is 0. The van der Waals surface area contributed by atoms with E-state index in [1.165, 1.54) is 6.92 Å². The van der Waals surface area contributed by atoms with Crippen molar-refractivity contribution >= 4 is 6.16 Å². The van der Waals surface area contributed by atoms with E-state index in [-0.39, 0.29) is 11.4 Å². The second-order valence-corrected chi connectivity index (χ2v) is 2.74. The van der Waals surface area contributed by atoms with Crippen molar-refractivity contribution in [3.63, 3.8) is 0 Å². The molecule has 0 aliphatic carbocycles. The molecule has 0 radical (unpaired) electrons. The minimum Gasteiger partial charge on any atom is -0.449 e. The summed E-state index contributed by atoms with van der Waals surface area (Å²) in [6, 6.07) is 0. The van der Waals surface area contributed by atoms with Gasteiger partial charge in [0.05, 0.1) is 11.9 Å². The van der Waals surface area contributed by atoms with Crippen LogP contribution in [0.3, 0.4) is 0 Å². The van der Waals surface area contributed by atoms with Crippen LogP contribution in [0.1, 0.15) is 5.69 Å². The number of hydrogen-bond donors (Lipinski definition) is 1. The Morgan fingerprint density at radius 2 is 2.27 bits per heavy atom. The average Bonchev–Trinajstić information content (AvgIpc) is 2.32. The standard InChI is InChI=1S/C7H7F3N2O3/c1-4-5(15-6(13)14)2-11-12(4)3-7(8,9)10/h2H,3H2,1H3,(H,13,14). The summed E-state index contributed by atoms with van der Waals surface area (Å²) in [5, 5.41) is 11.6. The largest absolute Gasteiger partial charge is 0.511 e. The van der Waals surface area contributed by atoms with Gasteiger partial charge in [-0.25, -0.2) is 4.79 Å². The van der Waals surface area contributed by atoms with Crippen LogP contribution in [0.15, 0.2) is 6.20 Å². The lowest BCUT2D eigenvalue weighted by atomic mass is 10.4. The Morgan fingerprint density at radius 1 is 1.67 bits per heavy atom. The van der Waals surface area contributed by atoms with Crippen LogP contribution in [0.25, 0.3) is 0 Å². The highest BCUT2D eigenvalue weighted by molar-refractivity contribution is 5.61. The van der Waals surface area contributed by atoms with Crippen LogP contribution in [0, 0.1) is 6.92 Å². The first kappa shape index (κ1) is 11.3. The molecule has 5 nitrogen and oxygen atoms in total. The predicted octanol–water partition coefficient (Wildman–Crippen LogP) is 1.81. The van der Waals surface area contributed by atoms with Crippen LogP contribution in [-0.2, 0) is 6.54 Å². The normalized spacial score (nSPS) is 11.5. The summed E-state index contributed by atoms with van der Waals surface area (Å²) in [5.74, 6) is -0.202. The van der Waals surface area contributed by atoms with Crippen molar-refractivity contribution in [3.8, 4) is 5.75 Å². The molecule has 1 rings (SSSR count). The average molecular weight is 224 g/mol. The molecule has 0 spiro atoms. The van der Waals surface area contributed by atoms with Crippen molar-refractivity contribution in [1.82, 2.24) is 9.78 Å². The second-order valence-electron chi connectivity index (χ2n) is 2.74. The Hall–Kier alpha value is -1.73. The molecule has 1 aromatic rings. The van der Waals surface area contributed by atoms with Crippen molar-refractivity contribution in [2.24, 2.45) is 0 Å². The van der Waals surface area contributed by atoms with Crippen LogP contribution in [-0.4, -0.2) is 27.2 Å². The van der Waals surface area contributed by atoms with E-state index in [1.54, 1.807) is 0 Å². The number of halogens is 3. The molecule has 0 fully saturated rings. The molecule has 0 saturated carbocycles. The van der Waals surface area contributed by atoms with Gasteiger partial charge in [-0.15, -0.1) is 0 Å². The topological polar surface area (TPSA) is 64.3 Å². The molecule has 0 aliphatic rings. The van der Waals surface area contributed by atoms with Crippen molar-refractivity contribution in [2.75, 3.05) is 0 Å². The van der Waals surface area contributed by atoms with Crippen LogP contribution >= 0.6 is 0 Å². The van der Waals surface area contributed by atoms with Gasteiger partial charge in [-0.3, -0.25) is 4.68 Å². The molecule has 84 valence electrons. The highest BCUT2D eigenvalue weighted by Gasteiger charge is 2.29. The van der Waals surface area contributed by atoms with Gasteiger partial charge in [0, 0.05) is 0 Å². The first-order valence-electron chi connectivity index (χ1n) is 3.79. The number of carbonyl (C=O) groups is 1. The molecule has 1 heterocycles. The Balaban J connectivity index is 2.84. The Labute approximate surface area is 82.1 Å². The molecule has 8 heteroatoms. The highest BCUT2D eigenvalue weighted by atomic mass is 19.4. The quantitative estimate of drug-likeness (QED) is 0.778. The Bertz CT molecular complexity index is 372. The summed E-state index contributed by atoms with van der Waals surface area (Å²) in [4.78, 5) is 10.1. The lowest BCUT2D eigenvalue weighted by Gasteiger charge is -2.07. The number of alkyl halides is 3. The van der Waals surface area contributed by atoms with Gasteiger partial charge in [-0.05, 0) is 6.92 Å². The third-order valence-corrected chi connectivity index (χ3v) is 1.58. The van der Waals surface area contributed by atoms with E-state index in [9.17, 15) is 18.0 Å². The predicted molar refractivity (Wildman–Crippen MR) is 41.7 cm³/mol. The molecule has 0 amide bonds. The zero-order chi connectivity index (χ0) is 11.6. The maximum Gasteiger partial charge on any atom is 0.511 e. The maximum atomic E-state index is 12.0. The molecule has 0 aliphatic heterocycles. The molecular weight excluding hydrogens is 217 g/mol. The third kappa shape index (κ3) is 3.15. The summed E-state index contributed by atoms with van der Waals surface area (Å²) in [7, 11) is 0. The zero-order valence-corrected chi connectivity index (χ0v) is 7.58. The van der Waals surface area contributed by atoms with Crippen LogP contribution in [0.4, 0.5) is 18.0 Å². The molecule has 0 aromatic carbocycles. The molecule has 0 atom stereocenters. The van der Waals surface area contributed by atoms with Crippen molar-refractivity contribution < 1.29 is 27.8 Å². The van der Waals surface area contributed by atoms with Gasteiger partial charge < -0.3 is 9.84 Å². The fourth-order valence-corrected chi connectivity index (χ4v) is 0.953. The SMILES string of the molecule is Cc1c(OC(=O)O)cnn1CC(F)(F)F. The smallest absolute Gasteiger partial charge is 0.449 e. The molecular formula is C7H7F3N2O3. The van der Waals surface area contributed by atoms with E-state index < -0.39 is 18.9 Å². The minimum atomic E-state index is -4.41. The van der Waals surface area contributed by atoms with Crippen molar-refractivity contribution in [1.29, 1.82) is 0 Å². The summed E-state index contributed by atoms with van der Waals surface area (Å²) in [6.07, 6.45) is -5.07. The van der Waals surface area contributed by atoms with Crippen molar-refractivity contribution in [3.05, 3.63) is 11.9 Å². The molecule has 0 unspecified atom stereocenters. The minimum absolute atomic E-state index is 0.00900. The van der Waals surface area contributed by atoms with Gasteiger partial charge in [0.25, 0.3) is 0 Å². The van der Waals surface area contributed by atoms with Gasteiger partial charge in [-0.1, -0.05) is 0 Å². The van der Waals surface area contributed by atoms with E-state index in [4.69, 9.17) is 5.11 Å². The van der Waals surface area contributed by atoms with Gasteiger partial charge >= 0.3 is 12.3 Å². The number of hydrogen-bond acceptors (Lipinski definition) is 3. The lowest BCUT2D eigenvalue weighted by molar-refractivity contribution is -0.142. The van der Waals surface area contributed by atoms with E-state index in [1.807, 2.05) is 0 Å². The monoisotopic (exact) mass is 224 g/mol. The fourth-order valence-electron chi connectivity index (χ4n) is 0.953. The summed E-state index contributed by atoms with van der Waals surface area (Å²) in [6.45, 7) is 0.0127. The van der Waals surface area contributed by atoms with Gasteiger partial charge in [-0.2, -0.15) is 18.3 Å². The lowest BCUT2D eigenvalue weighted by Crippen LogP contribution is -2.19. The maximum absolute atomic E-state index is 12.0. The molecule has 0 saturated heterocycles. The second kappa shape index (κ2) is 3.79. The first-order valence-corrected chi connectivity index (χ1v) is 3.79. The van der Waals surface area contributed by atoms with Crippen LogP contribution in [0.5, 0.6) is 5.75 Å². The fraction of sp³-hybridized carbons (Fsp3) is 0.429. The number of aromatic nitrogens is 2. The highest BCUT2D eigenvalue weighted by Crippen LogP contribution is 2.22. The van der Waals surface area contributed by atoms with Gasteiger partial charge in [0.2, 0.25) is 0 Å². The number of rotatable bonds is 2. The first-order chi connectivity index (χ1) is 6.79. The molecule has 0 bridgehead atoms. The summed E-state index contributed by atoms with van der Waals surface area (Å²) in [5.41, 5.74) is 0.00900. The molecule has 15 heavy (non-hydrogen) atoms.